The van der Waals surface area contributed by atoms with Crippen LogP contribution in [0.15, 0.2) is 36.5 Å². The Kier molecular flexibility index (Phi) is 7.03. The van der Waals surface area contributed by atoms with Gasteiger partial charge in [-0.1, -0.05) is 6.07 Å². The van der Waals surface area contributed by atoms with Gasteiger partial charge in [0.2, 0.25) is 0 Å². The van der Waals surface area contributed by atoms with E-state index in [1.807, 2.05) is 12.2 Å². The van der Waals surface area contributed by atoms with Gasteiger partial charge in [-0.05, 0) is 19.1 Å². The van der Waals surface area contributed by atoms with Crippen LogP contribution in [0.5, 0.6) is 5.75 Å². The first kappa shape index (κ1) is 25.2. The highest BCUT2D eigenvalue weighted by Gasteiger charge is 2.27. The molecule has 0 radical (unpaired) electrons. The molecule has 16 heteroatoms. The number of carbonyl (C=O) groups excluding carboxylic acids is 2. The second-order valence-corrected chi connectivity index (χ2v) is 12.7. The molecule has 1 aliphatic heterocycles. The third-order valence-corrected chi connectivity index (χ3v) is 9.19. The third-order valence-electron chi connectivity index (χ3n) is 6.56. The van der Waals surface area contributed by atoms with Gasteiger partial charge in [0.1, 0.15) is 9.88 Å². The van der Waals surface area contributed by atoms with E-state index < -0.39 is 22.7 Å². The summed E-state index contributed by atoms with van der Waals surface area (Å²) < 4.78 is 53.3. The number of methoxy groups -OCH3 is 1. The molecule has 0 unspecified atom stereocenters. The summed E-state index contributed by atoms with van der Waals surface area (Å²) in [5, 5.41) is 20.9. The first-order valence-electron chi connectivity index (χ1n) is 14.1. The molecule has 3 aromatic heterocycles. The Bertz CT molecular complexity index is 1840. The minimum Gasteiger partial charge on any atom is -0.494 e. The fourth-order valence-corrected chi connectivity index (χ4v) is 6.37. The van der Waals surface area contributed by atoms with Crippen LogP contribution >= 0.6 is 11.3 Å². The van der Waals surface area contributed by atoms with Gasteiger partial charge < -0.3 is 25.6 Å². The Balaban J connectivity index is 1.46. The number of nitrogens with zero attached hydrogens (tertiary/aromatic N) is 6. The normalized spacial score (nSPS) is 15.7. The summed E-state index contributed by atoms with van der Waals surface area (Å²) in [5.41, 5.74) is 1.63. The van der Waals surface area contributed by atoms with E-state index in [0.29, 0.717) is 32.7 Å². The Hall–Kier alpha value is -4.57. The maximum absolute atomic E-state index is 13.1. The molecule has 1 aromatic carbocycles. The molecular weight excluding hydrogens is 582 g/mol. The van der Waals surface area contributed by atoms with E-state index in [-0.39, 0.29) is 47.7 Å². The average molecular weight is 615 g/mol. The monoisotopic (exact) mass is 614 g/mol. The highest BCUT2D eigenvalue weighted by Crippen LogP contribution is 2.40. The first-order valence-corrected chi connectivity index (χ1v) is 15.2. The van der Waals surface area contributed by atoms with Crippen LogP contribution in [0.25, 0.3) is 10.6 Å². The van der Waals surface area contributed by atoms with E-state index in [1.54, 1.807) is 36.0 Å². The van der Waals surface area contributed by atoms with Crippen LogP contribution in [0.3, 0.4) is 0 Å². The minimum absolute atomic E-state index is 0.0824. The van der Waals surface area contributed by atoms with Gasteiger partial charge >= 0.3 is 0 Å². The Morgan fingerprint density at radius 3 is 2.57 bits per heavy atom. The summed E-state index contributed by atoms with van der Waals surface area (Å²) in [4.78, 5) is 32.2. The van der Waals surface area contributed by atoms with E-state index in [1.165, 1.54) is 24.3 Å². The second-order valence-electron chi connectivity index (χ2n) is 9.35. The number of carbonyl (C=O) groups is 2. The van der Waals surface area contributed by atoms with Gasteiger partial charge in [-0.15, -0.1) is 21.5 Å². The predicted octanol–water partition coefficient (Wildman–Crippen LogP) is 2.37. The van der Waals surface area contributed by atoms with Crippen molar-refractivity contribution in [2.45, 2.75) is 6.92 Å². The van der Waals surface area contributed by atoms with E-state index in [2.05, 4.69) is 30.9 Å². The molecular formula is C26H29N9O5S2. The molecule has 14 nitrogen and oxygen atoms in total. The quantitative estimate of drug-likeness (QED) is 0.266. The largest absolute Gasteiger partial charge is 0.494 e. The Labute approximate surface area is 250 Å². The highest BCUT2D eigenvalue weighted by atomic mass is 32.2. The lowest BCUT2D eigenvalue weighted by atomic mass is 10.1. The molecule has 0 aliphatic carbocycles. The molecule has 42 heavy (non-hydrogen) atoms. The van der Waals surface area contributed by atoms with Crippen molar-refractivity contribution >= 4 is 56.0 Å². The Morgan fingerprint density at radius 2 is 1.88 bits per heavy atom. The molecule has 0 saturated carbocycles. The smallest absolute Gasteiger partial charge is 0.273 e. The van der Waals surface area contributed by atoms with Gasteiger partial charge in [-0.2, -0.15) is 5.10 Å². The average Bonchev–Trinajstić information content (AvgIpc) is 3.58. The molecule has 4 aromatic rings. The third kappa shape index (κ3) is 6.03. The van der Waals surface area contributed by atoms with Crippen molar-refractivity contribution in [1.82, 2.24) is 35.2 Å². The molecule has 0 bridgehead atoms. The molecule has 0 atom stereocenters. The lowest BCUT2D eigenvalue weighted by Crippen LogP contribution is -2.43. The van der Waals surface area contributed by atoms with Crippen LogP contribution in [0.4, 0.5) is 23.0 Å². The summed E-state index contributed by atoms with van der Waals surface area (Å²) >= 11 is 1.13. The standard InChI is InChI=1S/C26H29N9O5S2/c1-15-12-21(33-34(15)3)30-20-13-18(22(32-31-20)24(36)27-2)29-17-7-5-6-16(23(17)40-4)25-28-14-19(41-25)26(37)35-8-10-42(38,39)11-9-35/h5-7,12-14H,8-11H2,1-4H3,(H,27,36)(H2,29,30,31,33)/i2D3. The summed E-state index contributed by atoms with van der Waals surface area (Å²) in [6.07, 6.45) is 1.44. The molecule has 2 amide bonds. The number of sulfone groups is 1. The van der Waals surface area contributed by atoms with Crippen molar-refractivity contribution in [3.8, 4) is 16.3 Å². The van der Waals surface area contributed by atoms with Crippen molar-refractivity contribution in [2.24, 2.45) is 7.05 Å². The van der Waals surface area contributed by atoms with Crippen LogP contribution in [0.2, 0.25) is 0 Å². The van der Waals surface area contributed by atoms with Crippen LogP contribution in [0, 0.1) is 6.92 Å². The number of hydrogen-bond acceptors (Lipinski definition) is 12. The minimum atomic E-state index is -3.14. The molecule has 0 spiro atoms. The number of amides is 2. The van der Waals surface area contributed by atoms with E-state index in [9.17, 15) is 18.0 Å². The molecule has 5 rings (SSSR count). The number of nitrogens with one attached hydrogen (secondary N) is 3. The molecule has 1 saturated heterocycles. The lowest BCUT2D eigenvalue weighted by molar-refractivity contribution is 0.0774. The number of aryl methyl sites for hydroxylation is 2. The molecule has 1 fully saturated rings. The van der Waals surface area contributed by atoms with Crippen LogP contribution in [-0.4, -0.2) is 88.8 Å². The molecule has 4 heterocycles. The maximum atomic E-state index is 13.1. The van der Waals surface area contributed by atoms with Crippen molar-refractivity contribution in [1.29, 1.82) is 0 Å². The second kappa shape index (κ2) is 11.7. The summed E-state index contributed by atoms with van der Waals surface area (Å²) in [7, 11) is 0.0809. The summed E-state index contributed by atoms with van der Waals surface area (Å²) in [5.74, 6) is -0.419. The van der Waals surface area contributed by atoms with Crippen LogP contribution in [0.1, 0.15) is 30.0 Å². The topological polar surface area (TPSA) is 173 Å². The van der Waals surface area contributed by atoms with Gasteiger partial charge in [-0.3, -0.25) is 14.3 Å². The maximum Gasteiger partial charge on any atom is 0.273 e. The fourth-order valence-electron chi connectivity index (χ4n) is 4.27. The fraction of sp³-hybridized carbons (Fsp3) is 0.308. The number of benzene rings is 1. The number of anilines is 4. The number of aromatic nitrogens is 5. The van der Waals surface area contributed by atoms with E-state index in [4.69, 9.17) is 8.85 Å². The number of thiazole rings is 1. The van der Waals surface area contributed by atoms with Gasteiger partial charge in [-0.25, -0.2) is 13.4 Å². The molecule has 3 N–H and O–H groups in total. The zero-order valence-corrected chi connectivity index (χ0v) is 24.5. The van der Waals surface area contributed by atoms with Crippen LogP contribution < -0.4 is 20.7 Å². The molecule has 1 aliphatic rings. The number of hydrogen-bond donors (Lipinski definition) is 3. The van der Waals surface area contributed by atoms with Gasteiger partial charge in [0, 0.05) is 49.1 Å². The van der Waals surface area contributed by atoms with E-state index >= 15 is 0 Å². The zero-order chi connectivity index (χ0) is 32.5. The predicted molar refractivity (Wildman–Crippen MR) is 159 cm³/mol. The molecule has 220 valence electrons. The zero-order valence-electron chi connectivity index (χ0n) is 25.8. The van der Waals surface area contributed by atoms with Crippen molar-refractivity contribution in [3.63, 3.8) is 0 Å². The number of ether oxygens (including phenoxy) is 1. The van der Waals surface area contributed by atoms with Gasteiger partial charge in [0.15, 0.2) is 32.9 Å². The van der Waals surface area contributed by atoms with E-state index in [0.717, 1.165) is 17.0 Å². The Morgan fingerprint density at radius 1 is 1.10 bits per heavy atom. The highest BCUT2D eigenvalue weighted by molar-refractivity contribution is 7.91. The van der Waals surface area contributed by atoms with Crippen LogP contribution in [-0.2, 0) is 16.9 Å². The lowest BCUT2D eigenvalue weighted by Gasteiger charge is -2.25. The summed E-state index contributed by atoms with van der Waals surface area (Å²) in [6.45, 7) is -0.657. The number of rotatable bonds is 8. The SMILES string of the molecule is [2H]C([2H])([2H])NC(=O)c1nnc(Nc2cc(C)n(C)n2)cc1Nc1cccc(-c2ncc(C(=O)N3CCS(=O)(=O)CC3)s2)c1OC. The van der Waals surface area contributed by atoms with Crippen molar-refractivity contribution in [2.75, 3.05) is 49.3 Å². The van der Waals surface area contributed by atoms with Crippen molar-refractivity contribution in [3.05, 3.63) is 52.8 Å². The first-order chi connectivity index (χ1) is 21.2. The summed E-state index contributed by atoms with van der Waals surface area (Å²) in [6, 6.07) is 8.41. The van der Waals surface area contributed by atoms with Gasteiger partial charge in [0.05, 0.1) is 41.8 Å². The van der Waals surface area contributed by atoms with Gasteiger partial charge in [0.25, 0.3) is 11.8 Å². The van der Waals surface area contributed by atoms with Crippen molar-refractivity contribution < 1.29 is 26.9 Å². The number of para-hydroxylation sites is 1.